The van der Waals surface area contributed by atoms with Crippen LogP contribution in [-0.4, -0.2) is 24.1 Å². The molecule has 2 aromatic carbocycles. The molecule has 0 saturated heterocycles. The van der Waals surface area contributed by atoms with Crippen LogP contribution >= 0.6 is 11.8 Å². The average Bonchev–Trinajstić information content (AvgIpc) is 2.56. The van der Waals surface area contributed by atoms with E-state index in [1.807, 2.05) is 43.3 Å². The second-order valence-corrected chi connectivity index (χ2v) is 8.14. The van der Waals surface area contributed by atoms with Crippen LogP contribution in [0.1, 0.15) is 13.3 Å². The summed E-state index contributed by atoms with van der Waals surface area (Å²) in [6.07, 6.45) is 2.39. The van der Waals surface area contributed by atoms with Crippen LogP contribution < -0.4 is 4.72 Å². The Kier molecular flexibility index (Phi) is 5.01. The van der Waals surface area contributed by atoms with E-state index in [1.54, 1.807) is 18.3 Å². The molecule has 124 valence electrons. The van der Waals surface area contributed by atoms with E-state index in [-0.39, 0.29) is 5.75 Å². The van der Waals surface area contributed by atoms with Gasteiger partial charge in [0.15, 0.2) is 5.16 Å². The first-order valence-corrected chi connectivity index (χ1v) is 10.0. The highest BCUT2D eigenvalue weighted by atomic mass is 32.2. The van der Waals surface area contributed by atoms with Crippen molar-refractivity contribution >= 4 is 38.4 Å². The van der Waals surface area contributed by atoms with Gasteiger partial charge < -0.3 is 0 Å². The Morgan fingerprint density at radius 2 is 1.83 bits per heavy atom. The predicted molar refractivity (Wildman–Crippen MR) is 97.8 cm³/mol. The van der Waals surface area contributed by atoms with Gasteiger partial charge in [-0.1, -0.05) is 25.1 Å². The van der Waals surface area contributed by atoms with Crippen molar-refractivity contribution in [3.05, 3.63) is 54.7 Å². The number of hydrogen-bond donors (Lipinski definition) is 1. The molecule has 7 heteroatoms. The van der Waals surface area contributed by atoms with Crippen molar-refractivity contribution in [2.45, 2.75) is 23.4 Å². The van der Waals surface area contributed by atoms with Gasteiger partial charge in [0.05, 0.1) is 11.3 Å². The number of sulfonamides is 1. The van der Waals surface area contributed by atoms with Crippen LogP contribution in [0.25, 0.3) is 10.9 Å². The zero-order valence-corrected chi connectivity index (χ0v) is 14.8. The number of hydrogen-bond acceptors (Lipinski definition) is 5. The highest BCUT2D eigenvalue weighted by Gasteiger charge is 2.09. The van der Waals surface area contributed by atoms with Gasteiger partial charge in [0, 0.05) is 22.2 Å². The van der Waals surface area contributed by atoms with E-state index in [2.05, 4.69) is 14.7 Å². The maximum atomic E-state index is 11.8. The van der Waals surface area contributed by atoms with Gasteiger partial charge in [-0.15, -0.1) is 0 Å². The van der Waals surface area contributed by atoms with Crippen molar-refractivity contribution in [1.82, 2.24) is 9.97 Å². The van der Waals surface area contributed by atoms with Crippen molar-refractivity contribution < 1.29 is 8.42 Å². The first kappa shape index (κ1) is 16.7. The van der Waals surface area contributed by atoms with E-state index in [4.69, 9.17) is 0 Å². The van der Waals surface area contributed by atoms with Crippen LogP contribution in [0.5, 0.6) is 0 Å². The van der Waals surface area contributed by atoms with Gasteiger partial charge in [-0.2, -0.15) is 0 Å². The molecule has 1 aromatic heterocycles. The van der Waals surface area contributed by atoms with Gasteiger partial charge in [-0.25, -0.2) is 18.4 Å². The molecule has 0 unspecified atom stereocenters. The maximum Gasteiger partial charge on any atom is 0.232 e. The summed E-state index contributed by atoms with van der Waals surface area (Å²) < 4.78 is 26.1. The first-order chi connectivity index (χ1) is 11.6. The summed E-state index contributed by atoms with van der Waals surface area (Å²) in [5.74, 6) is 0.119. The molecule has 0 bridgehead atoms. The quantitative estimate of drug-likeness (QED) is 0.675. The summed E-state index contributed by atoms with van der Waals surface area (Å²) in [7, 11) is -3.26. The van der Waals surface area contributed by atoms with Crippen molar-refractivity contribution in [2.75, 3.05) is 10.5 Å². The van der Waals surface area contributed by atoms with Crippen LogP contribution in [-0.2, 0) is 10.0 Å². The van der Waals surface area contributed by atoms with E-state index in [0.29, 0.717) is 17.3 Å². The lowest BCUT2D eigenvalue weighted by Gasteiger charge is -2.07. The smallest absolute Gasteiger partial charge is 0.232 e. The summed E-state index contributed by atoms with van der Waals surface area (Å²) in [5.41, 5.74) is 1.46. The molecule has 0 fully saturated rings. The molecule has 0 atom stereocenters. The molecule has 5 nitrogen and oxygen atoms in total. The molecule has 24 heavy (non-hydrogen) atoms. The van der Waals surface area contributed by atoms with Crippen LogP contribution in [0.15, 0.2) is 64.8 Å². The second kappa shape index (κ2) is 7.19. The SMILES string of the molecule is CCCS(=O)(=O)Nc1ccc(Sc2ncc3ccccc3n2)cc1. The fraction of sp³-hybridized carbons (Fsp3) is 0.176. The van der Waals surface area contributed by atoms with E-state index < -0.39 is 10.0 Å². The Morgan fingerprint density at radius 1 is 1.08 bits per heavy atom. The van der Waals surface area contributed by atoms with Gasteiger partial charge in [-0.3, -0.25) is 4.72 Å². The summed E-state index contributed by atoms with van der Waals surface area (Å²) in [4.78, 5) is 9.81. The molecule has 0 aliphatic heterocycles. The van der Waals surface area contributed by atoms with Gasteiger partial charge in [0.25, 0.3) is 0 Å². The standard InChI is InChI=1S/C17H17N3O2S2/c1-2-11-24(21,22)20-14-7-9-15(10-8-14)23-17-18-12-13-5-3-4-6-16(13)19-17/h3-10,12,20H,2,11H2,1H3. The molecule has 0 aliphatic rings. The topological polar surface area (TPSA) is 72.0 Å². The molecule has 3 rings (SSSR count). The Balaban J connectivity index is 1.73. The molecular formula is C17H17N3O2S2. The monoisotopic (exact) mass is 359 g/mol. The third kappa shape index (κ3) is 4.24. The van der Waals surface area contributed by atoms with Crippen molar-refractivity contribution in [2.24, 2.45) is 0 Å². The van der Waals surface area contributed by atoms with Crippen LogP contribution in [0.4, 0.5) is 5.69 Å². The zero-order valence-electron chi connectivity index (χ0n) is 13.1. The Labute approximate surface area is 145 Å². The van der Waals surface area contributed by atoms with Crippen molar-refractivity contribution in [1.29, 1.82) is 0 Å². The number of aromatic nitrogens is 2. The van der Waals surface area contributed by atoms with Crippen molar-refractivity contribution in [3.8, 4) is 0 Å². The van der Waals surface area contributed by atoms with E-state index in [0.717, 1.165) is 15.8 Å². The lowest BCUT2D eigenvalue weighted by molar-refractivity contribution is 0.600. The third-order valence-electron chi connectivity index (χ3n) is 3.28. The van der Waals surface area contributed by atoms with Crippen molar-refractivity contribution in [3.63, 3.8) is 0 Å². The highest BCUT2D eigenvalue weighted by molar-refractivity contribution is 7.99. The number of para-hydroxylation sites is 1. The van der Waals surface area contributed by atoms with Gasteiger partial charge in [0.1, 0.15) is 0 Å². The average molecular weight is 359 g/mol. The molecule has 1 heterocycles. The third-order valence-corrected chi connectivity index (χ3v) is 5.66. The summed E-state index contributed by atoms with van der Waals surface area (Å²) in [6, 6.07) is 15.0. The van der Waals surface area contributed by atoms with Gasteiger partial charge in [-0.05, 0) is 48.5 Å². The van der Waals surface area contributed by atoms with Crippen LogP contribution in [0.2, 0.25) is 0 Å². The van der Waals surface area contributed by atoms with E-state index in [9.17, 15) is 8.42 Å². The number of nitrogens with zero attached hydrogens (tertiary/aromatic N) is 2. The maximum absolute atomic E-state index is 11.8. The molecular weight excluding hydrogens is 342 g/mol. The van der Waals surface area contributed by atoms with E-state index in [1.165, 1.54) is 11.8 Å². The van der Waals surface area contributed by atoms with Gasteiger partial charge >= 0.3 is 0 Å². The fourth-order valence-electron chi connectivity index (χ4n) is 2.20. The Hall–Kier alpha value is -2.12. The number of nitrogens with one attached hydrogen (secondary N) is 1. The zero-order chi connectivity index (χ0) is 17.0. The largest absolute Gasteiger partial charge is 0.284 e. The fourth-order valence-corrected chi connectivity index (χ4v) is 4.07. The molecule has 0 saturated carbocycles. The summed E-state index contributed by atoms with van der Waals surface area (Å²) in [5, 5.41) is 1.66. The number of rotatable bonds is 6. The lowest BCUT2D eigenvalue weighted by Crippen LogP contribution is -2.15. The molecule has 3 aromatic rings. The minimum Gasteiger partial charge on any atom is -0.284 e. The highest BCUT2D eigenvalue weighted by Crippen LogP contribution is 2.27. The normalized spacial score (nSPS) is 11.5. The number of anilines is 1. The van der Waals surface area contributed by atoms with Crippen LogP contribution in [0.3, 0.4) is 0 Å². The van der Waals surface area contributed by atoms with E-state index >= 15 is 0 Å². The lowest BCUT2D eigenvalue weighted by atomic mass is 10.2. The molecule has 0 aliphatic carbocycles. The summed E-state index contributed by atoms with van der Waals surface area (Å²) >= 11 is 1.44. The number of fused-ring (bicyclic) bond motifs is 1. The predicted octanol–water partition coefficient (Wildman–Crippen LogP) is 3.93. The first-order valence-electron chi connectivity index (χ1n) is 7.56. The molecule has 0 radical (unpaired) electrons. The minimum absolute atomic E-state index is 0.119. The molecule has 0 spiro atoms. The second-order valence-electron chi connectivity index (χ2n) is 5.26. The Morgan fingerprint density at radius 3 is 2.58 bits per heavy atom. The number of benzene rings is 2. The van der Waals surface area contributed by atoms with Crippen LogP contribution in [0, 0.1) is 0 Å². The molecule has 1 N–H and O–H groups in total. The Bertz CT molecular complexity index is 941. The molecule has 0 amide bonds. The minimum atomic E-state index is -3.26. The van der Waals surface area contributed by atoms with Gasteiger partial charge in [0.2, 0.25) is 10.0 Å². The summed E-state index contributed by atoms with van der Waals surface area (Å²) in [6.45, 7) is 1.84.